The zero-order valence-corrected chi connectivity index (χ0v) is 11.2. The number of fused-ring (bicyclic) bond motifs is 1. The first-order chi connectivity index (χ1) is 9.35. The molecular weight excluding hydrogens is 236 g/mol. The van der Waals surface area contributed by atoms with Crippen LogP contribution >= 0.6 is 0 Å². The summed E-state index contributed by atoms with van der Waals surface area (Å²) in [5, 5.41) is 3.52. The largest absolute Gasteiger partial charge is 0.342 e. The molecule has 0 amide bonds. The van der Waals surface area contributed by atoms with Crippen LogP contribution in [0.15, 0.2) is 24.3 Å². The van der Waals surface area contributed by atoms with E-state index in [-0.39, 0.29) is 0 Å². The highest BCUT2D eigenvalue weighted by Crippen LogP contribution is 2.36. The predicted octanol–water partition coefficient (Wildman–Crippen LogP) is 2.14. The lowest BCUT2D eigenvalue weighted by molar-refractivity contribution is 0.259. The van der Waals surface area contributed by atoms with Crippen molar-refractivity contribution in [3.05, 3.63) is 24.3 Å². The van der Waals surface area contributed by atoms with Gasteiger partial charge in [0.1, 0.15) is 0 Å². The number of aromatic nitrogens is 2. The van der Waals surface area contributed by atoms with Crippen molar-refractivity contribution in [3.8, 4) is 0 Å². The first-order valence-electron chi connectivity index (χ1n) is 7.25. The van der Waals surface area contributed by atoms with Crippen LogP contribution < -0.4 is 10.2 Å². The number of benzene rings is 1. The number of imidazole rings is 1. The lowest BCUT2D eigenvalue weighted by atomic mass is 9.79. The Bertz CT molecular complexity index is 550. The minimum Gasteiger partial charge on any atom is -0.342 e. The topological polar surface area (TPSA) is 44.0 Å². The van der Waals surface area contributed by atoms with Crippen LogP contribution in [-0.2, 0) is 0 Å². The average molecular weight is 256 g/mol. The Hall–Kier alpha value is -1.55. The van der Waals surface area contributed by atoms with Gasteiger partial charge in [-0.05, 0) is 37.9 Å². The number of hydrogen-bond donors (Lipinski definition) is 2. The van der Waals surface area contributed by atoms with E-state index in [1.807, 2.05) is 6.07 Å². The van der Waals surface area contributed by atoms with E-state index < -0.39 is 0 Å². The van der Waals surface area contributed by atoms with E-state index in [9.17, 15) is 0 Å². The normalized spacial score (nSPS) is 27.5. The number of para-hydroxylation sites is 2. The van der Waals surface area contributed by atoms with E-state index in [1.165, 1.54) is 32.4 Å². The van der Waals surface area contributed by atoms with Crippen LogP contribution in [-0.4, -0.2) is 36.1 Å². The van der Waals surface area contributed by atoms with E-state index in [0.29, 0.717) is 5.41 Å². The van der Waals surface area contributed by atoms with Gasteiger partial charge in [0.05, 0.1) is 11.0 Å². The zero-order chi connectivity index (χ0) is 12.7. The molecule has 4 rings (SSSR count). The summed E-state index contributed by atoms with van der Waals surface area (Å²) in [6.45, 7) is 4.61. The highest BCUT2D eigenvalue weighted by molar-refractivity contribution is 5.77. The number of anilines is 1. The monoisotopic (exact) mass is 256 g/mol. The lowest BCUT2D eigenvalue weighted by Gasteiger charge is -2.39. The fourth-order valence-corrected chi connectivity index (χ4v) is 3.62. The summed E-state index contributed by atoms with van der Waals surface area (Å²) in [6.07, 6.45) is 3.94. The van der Waals surface area contributed by atoms with Crippen molar-refractivity contribution in [1.29, 1.82) is 0 Å². The molecule has 2 aromatic rings. The average Bonchev–Trinajstić information content (AvgIpc) is 3.05. The smallest absolute Gasteiger partial charge is 0.203 e. The minimum atomic E-state index is 0.483. The van der Waals surface area contributed by atoms with Gasteiger partial charge < -0.3 is 15.2 Å². The van der Waals surface area contributed by atoms with Crippen LogP contribution in [0.1, 0.15) is 19.3 Å². The number of nitrogens with zero attached hydrogens (tertiary/aromatic N) is 2. The Balaban J connectivity index is 1.64. The molecule has 2 aliphatic heterocycles. The molecule has 19 heavy (non-hydrogen) atoms. The SMILES string of the molecule is c1ccc2[nH]c(N3CCCC4(CCNC4)C3)nc2c1. The maximum atomic E-state index is 4.74. The lowest BCUT2D eigenvalue weighted by Crippen LogP contribution is -2.45. The van der Waals surface area contributed by atoms with Gasteiger partial charge in [0.15, 0.2) is 0 Å². The minimum absolute atomic E-state index is 0.483. The predicted molar refractivity (Wildman–Crippen MR) is 77.5 cm³/mol. The van der Waals surface area contributed by atoms with Crippen molar-refractivity contribution >= 4 is 17.0 Å². The molecule has 2 aliphatic rings. The Morgan fingerprint density at radius 1 is 1.21 bits per heavy atom. The molecule has 1 aromatic carbocycles. The highest BCUT2D eigenvalue weighted by atomic mass is 15.3. The standard InChI is InChI=1S/C15H20N4/c1-2-5-13-12(4-1)17-14(18-13)19-9-3-6-15(11-19)7-8-16-10-15/h1-2,4-5,16H,3,6-11H2,(H,17,18). The number of hydrogen-bond acceptors (Lipinski definition) is 3. The van der Waals surface area contributed by atoms with Gasteiger partial charge in [0, 0.05) is 25.0 Å². The van der Waals surface area contributed by atoms with Crippen molar-refractivity contribution in [2.45, 2.75) is 19.3 Å². The van der Waals surface area contributed by atoms with Gasteiger partial charge in [-0.15, -0.1) is 0 Å². The Kier molecular flexibility index (Phi) is 2.52. The first-order valence-corrected chi connectivity index (χ1v) is 7.25. The molecule has 1 aromatic heterocycles. The third-order valence-corrected chi connectivity index (χ3v) is 4.67. The van der Waals surface area contributed by atoms with Crippen LogP contribution in [0, 0.1) is 5.41 Å². The van der Waals surface area contributed by atoms with E-state index in [4.69, 9.17) is 4.98 Å². The Labute approximate surface area is 113 Å². The van der Waals surface area contributed by atoms with E-state index in [1.54, 1.807) is 0 Å². The summed E-state index contributed by atoms with van der Waals surface area (Å²) < 4.78 is 0. The fourth-order valence-electron chi connectivity index (χ4n) is 3.62. The molecule has 4 heteroatoms. The molecule has 0 bridgehead atoms. The Morgan fingerprint density at radius 2 is 2.16 bits per heavy atom. The zero-order valence-electron chi connectivity index (χ0n) is 11.2. The molecule has 1 unspecified atom stereocenters. The van der Waals surface area contributed by atoms with Crippen LogP contribution in [0.25, 0.3) is 11.0 Å². The quantitative estimate of drug-likeness (QED) is 0.821. The molecule has 2 fully saturated rings. The van der Waals surface area contributed by atoms with Gasteiger partial charge in [0.25, 0.3) is 0 Å². The number of H-pyrrole nitrogens is 1. The second kappa shape index (κ2) is 4.23. The molecule has 0 aliphatic carbocycles. The molecule has 100 valence electrons. The van der Waals surface area contributed by atoms with E-state index >= 15 is 0 Å². The van der Waals surface area contributed by atoms with E-state index in [0.717, 1.165) is 30.1 Å². The molecule has 0 saturated carbocycles. The summed E-state index contributed by atoms with van der Waals surface area (Å²) in [4.78, 5) is 10.6. The number of rotatable bonds is 1. The summed E-state index contributed by atoms with van der Waals surface area (Å²) in [5.41, 5.74) is 2.69. The van der Waals surface area contributed by atoms with Crippen molar-refractivity contribution in [2.24, 2.45) is 5.41 Å². The second-order valence-electron chi connectivity index (χ2n) is 6.03. The van der Waals surface area contributed by atoms with Crippen molar-refractivity contribution in [3.63, 3.8) is 0 Å². The maximum Gasteiger partial charge on any atom is 0.203 e. The van der Waals surface area contributed by atoms with Gasteiger partial charge in [-0.2, -0.15) is 0 Å². The van der Waals surface area contributed by atoms with Gasteiger partial charge in [0.2, 0.25) is 5.95 Å². The number of nitrogens with one attached hydrogen (secondary N) is 2. The van der Waals surface area contributed by atoms with Crippen LogP contribution in [0.4, 0.5) is 5.95 Å². The molecule has 0 radical (unpaired) electrons. The van der Waals surface area contributed by atoms with Crippen LogP contribution in [0.5, 0.6) is 0 Å². The molecule has 2 saturated heterocycles. The summed E-state index contributed by atoms with van der Waals surface area (Å²) in [5.74, 6) is 1.05. The van der Waals surface area contributed by atoms with Gasteiger partial charge in [-0.3, -0.25) is 0 Å². The number of piperidine rings is 1. The highest BCUT2D eigenvalue weighted by Gasteiger charge is 2.38. The summed E-state index contributed by atoms with van der Waals surface area (Å²) in [6, 6.07) is 8.28. The molecule has 3 heterocycles. The summed E-state index contributed by atoms with van der Waals surface area (Å²) in [7, 11) is 0. The molecule has 2 N–H and O–H groups in total. The van der Waals surface area contributed by atoms with Gasteiger partial charge in [-0.25, -0.2) is 4.98 Å². The van der Waals surface area contributed by atoms with Crippen molar-refractivity contribution in [2.75, 3.05) is 31.1 Å². The van der Waals surface area contributed by atoms with Crippen molar-refractivity contribution in [1.82, 2.24) is 15.3 Å². The number of aromatic amines is 1. The molecule has 4 nitrogen and oxygen atoms in total. The van der Waals surface area contributed by atoms with Gasteiger partial charge >= 0.3 is 0 Å². The van der Waals surface area contributed by atoms with Crippen LogP contribution in [0.3, 0.4) is 0 Å². The second-order valence-corrected chi connectivity index (χ2v) is 6.03. The van der Waals surface area contributed by atoms with Gasteiger partial charge in [-0.1, -0.05) is 12.1 Å². The Morgan fingerprint density at radius 3 is 3.00 bits per heavy atom. The molecule has 1 spiro atoms. The summed E-state index contributed by atoms with van der Waals surface area (Å²) >= 11 is 0. The van der Waals surface area contributed by atoms with Crippen LogP contribution in [0.2, 0.25) is 0 Å². The third kappa shape index (κ3) is 1.91. The molecule has 1 atom stereocenters. The first kappa shape index (κ1) is 11.3. The maximum absolute atomic E-state index is 4.74. The fraction of sp³-hybridized carbons (Fsp3) is 0.533. The van der Waals surface area contributed by atoms with E-state index in [2.05, 4.69) is 33.4 Å². The molecular formula is C15H20N4. The van der Waals surface area contributed by atoms with Crippen molar-refractivity contribution < 1.29 is 0 Å². The third-order valence-electron chi connectivity index (χ3n) is 4.67.